The van der Waals surface area contributed by atoms with Crippen LogP contribution in [0, 0.1) is 0 Å². The topological polar surface area (TPSA) is 63.2 Å². The maximum Gasteiger partial charge on any atom is 0.221 e. The first-order valence-corrected chi connectivity index (χ1v) is 6.13. The average molecular weight is 302 g/mol. The molecule has 1 rings (SSSR count). The average Bonchev–Trinajstić information content (AvgIpc) is 2.29. The van der Waals surface area contributed by atoms with Crippen LogP contribution in [0.3, 0.4) is 0 Å². The van der Waals surface area contributed by atoms with E-state index in [0.29, 0.717) is 26.1 Å². The van der Waals surface area contributed by atoms with Gasteiger partial charge in [0.05, 0.1) is 6.61 Å². The van der Waals surface area contributed by atoms with Gasteiger partial charge < -0.3 is 15.4 Å². The maximum atomic E-state index is 11.3. The van der Waals surface area contributed by atoms with Gasteiger partial charge in [0.25, 0.3) is 0 Å². The second kappa shape index (κ2) is 8.03. The molecule has 0 atom stereocenters. The fourth-order valence-corrected chi connectivity index (χ4v) is 1.54. The van der Waals surface area contributed by atoms with Crippen LogP contribution in [-0.2, 0) is 9.53 Å². The fraction of sp³-hybridized carbons (Fsp3) is 0.455. The molecular formula is C11H16BrN3O2. The van der Waals surface area contributed by atoms with Gasteiger partial charge in [0, 0.05) is 26.6 Å². The van der Waals surface area contributed by atoms with Crippen molar-refractivity contribution in [2.75, 3.05) is 32.1 Å². The Bertz CT molecular complexity index is 360. The summed E-state index contributed by atoms with van der Waals surface area (Å²) in [5.41, 5.74) is 0. The SMILES string of the molecule is COCCNC(=O)CCNc1cccc(Br)n1. The second-order valence-electron chi connectivity index (χ2n) is 3.37. The smallest absolute Gasteiger partial charge is 0.221 e. The van der Waals surface area contributed by atoms with Crippen LogP contribution in [0.25, 0.3) is 0 Å². The van der Waals surface area contributed by atoms with E-state index < -0.39 is 0 Å². The van der Waals surface area contributed by atoms with Crippen LogP contribution in [0.5, 0.6) is 0 Å². The zero-order chi connectivity index (χ0) is 12.5. The number of nitrogens with zero attached hydrogens (tertiary/aromatic N) is 1. The van der Waals surface area contributed by atoms with Crippen LogP contribution in [0.4, 0.5) is 5.82 Å². The largest absolute Gasteiger partial charge is 0.383 e. The number of hydrogen-bond acceptors (Lipinski definition) is 4. The zero-order valence-electron chi connectivity index (χ0n) is 9.70. The van der Waals surface area contributed by atoms with Gasteiger partial charge in [0.1, 0.15) is 10.4 Å². The molecule has 0 aromatic carbocycles. The summed E-state index contributed by atoms with van der Waals surface area (Å²) in [6.45, 7) is 1.64. The summed E-state index contributed by atoms with van der Waals surface area (Å²) in [5, 5.41) is 5.82. The van der Waals surface area contributed by atoms with Gasteiger partial charge in [-0.2, -0.15) is 0 Å². The van der Waals surface area contributed by atoms with Crippen molar-refractivity contribution in [3.8, 4) is 0 Å². The predicted molar refractivity (Wildman–Crippen MR) is 69.9 cm³/mol. The number of amides is 1. The Balaban J connectivity index is 2.17. The van der Waals surface area contributed by atoms with Crippen molar-refractivity contribution in [3.63, 3.8) is 0 Å². The number of carbonyl (C=O) groups is 1. The number of carbonyl (C=O) groups excluding carboxylic acids is 1. The Morgan fingerprint density at radius 2 is 2.29 bits per heavy atom. The highest BCUT2D eigenvalue weighted by Gasteiger charge is 2.00. The second-order valence-corrected chi connectivity index (χ2v) is 4.18. The molecule has 0 aliphatic rings. The molecule has 17 heavy (non-hydrogen) atoms. The van der Waals surface area contributed by atoms with Crippen molar-refractivity contribution in [2.45, 2.75) is 6.42 Å². The Morgan fingerprint density at radius 3 is 3.00 bits per heavy atom. The molecule has 2 N–H and O–H groups in total. The standard InChI is InChI=1S/C11H16BrN3O2/c1-17-8-7-14-11(16)5-6-13-10-4-2-3-9(12)15-10/h2-4H,5-8H2,1H3,(H,13,15)(H,14,16). The molecule has 0 radical (unpaired) electrons. The van der Waals surface area contributed by atoms with Gasteiger partial charge in [-0.05, 0) is 28.1 Å². The molecule has 1 aromatic rings. The van der Waals surface area contributed by atoms with Gasteiger partial charge in [-0.3, -0.25) is 4.79 Å². The number of ether oxygens (including phenoxy) is 1. The van der Waals surface area contributed by atoms with Gasteiger partial charge in [-0.25, -0.2) is 4.98 Å². The van der Waals surface area contributed by atoms with E-state index in [1.54, 1.807) is 7.11 Å². The number of anilines is 1. The van der Waals surface area contributed by atoms with Crippen LogP contribution in [0.2, 0.25) is 0 Å². The lowest BCUT2D eigenvalue weighted by molar-refractivity contribution is -0.121. The quantitative estimate of drug-likeness (QED) is 0.590. The number of aromatic nitrogens is 1. The van der Waals surface area contributed by atoms with Crippen LogP contribution >= 0.6 is 15.9 Å². The van der Waals surface area contributed by atoms with Crippen molar-refractivity contribution in [1.29, 1.82) is 0 Å². The van der Waals surface area contributed by atoms with Crippen molar-refractivity contribution in [3.05, 3.63) is 22.8 Å². The van der Waals surface area contributed by atoms with Gasteiger partial charge in [0.15, 0.2) is 0 Å². The minimum absolute atomic E-state index is 0.00421. The molecule has 0 bridgehead atoms. The third-order valence-electron chi connectivity index (χ3n) is 2.00. The van der Waals surface area contributed by atoms with E-state index in [-0.39, 0.29) is 5.91 Å². The molecule has 0 aliphatic heterocycles. The van der Waals surface area contributed by atoms with Gasteiger partial charge in [0.2, 0.25) is 5.91 Å². The van der Waals surface area contributed by atoms with E-state index >= 15 is 0 Å². The summed E-state index contributed by atoms with van der Waals surface area (Å²) >= 11 is 3.28. The van der Waals surface area contributed by atoms with E-state index in [9.17, 15) is 4.79 Å². The van der Waals surface area contributed by atoms with Crippen LogP contribution in [0.15, 0.2) is 22.8 Å². The number of hydrogen-bond donors (Lipinski definition) is 2. The van der Waals surface area contributed by atoms with Crippen molar-refractivity contribution < 1.29 is 9.53 Å². The van der Waals surface area contributed by atoms with Crippen LogP contribution < -0.4 is 10.6 Å². The lowest BCUT2D eigenvalue weighted by atomic mass is 10.4. The lowest BCUT2D eigenvalue weighted by Gasteiger charge is -2.06. The van der Waals surface area contributed by atoms with Crippen molar-refractivity contribution in [2.24, 2.45) is 0 Å². The summed E-state index contributed by atoms with van der Waals surface area (Å²) < 4.78 is 5.60. The lowest BCUT2D eigenvalue weighted by Crippen LogP contribution is -2.28. The van der Waals surface area contributed by atoms with Crippen LogP contribution in [0.1, 0.15) is 6.42 Å². The van der Waals surface area contributed by atoms with E-state index in [1.807, 2.05) is 18.2 Å². The number of pyridine rings is 1. The summed E-state index contributed by atoms with van der Waals surface area (Å²) in [4.78, 5) is 15.5. The van der Waals surface area contributed by atoms with Crippen molar-refractivity contribution >= 4 is 27.7 Å². The fourth-order valence-electron chi connectivity index (χ4n) is 1.19. The van der Waals surface area contributed by atoms with Gasteiger partial charge in [-0.15, -0.1) is 0 Å². The number of halogens is 1. The Morgan fingerprint density at radius 1 is 1.47 bits per heavy atom. The Labute approximate surface area is 109 Å². The molecule has 0 spiro atoms. The molecule has 1 aromatic heterocycles. The summed E-state index contributed by atoms with van der Waals surface area (Å²) in [6.07, 6.45) is 0.415. The predicted octanol–water partition coefficient (Wildman–Crippen LogP) is 1.41. The highest BCUT2D eigenvalue weighted by atomic mass is 79.9. The highest BCUT2D eigenvalue weighted by Crippen LogP contribution is 2.09. The summed E-state index contributed by atoms with van der Waals surface area (Å²) in [5.74, 6) is 0.758. The molecule has 0 saturated carbocycles. The Kier molecular flexibility index (Phi) is 6.57. The van der Waals surface area contributed by atoms with Crippen molar-refractivity contribution in [1.82, 2.24) is 10.3 Å². The van der Waals surface area contributed by atoms with Crippen LogP contribution in [-0.4, -0.2) is 37.7 Å². The molecule has 1 heterocycles. The minimum Gasteiger partial charge on any atom is -0.383 e. The molecule has 0 fully saturated rings. The zero-order valence-corrected chi connectivity index (χ0v) is 11.3. The maximum absolute atomic E-state index is 11.3. The number of nitrogens with one attached hydrogen (secondary N) is 2. The monoisotopic (exact) mass is 301 g/mol. The van der Waals surface area contributed by atoms with E-state index in [4.69, 9.17) is 4.74 Å². The molecule has 94 valence electrons. The summed E-state index contributed by atoms with van der Waals surface area (Å²) in [7, 11) is 1.60. The molecular weight excluding hydrogens is 286 g/mol. The number of rotatable bonds is 7. The first-order valence-electron chi connectivity index (χ1n) is 5.34. The Hall–Kier alpha value is -1.14. The van der Waals surface area contributed by atoms with E-state index in [1.165, 1.54) is 0 Å². The van der Waals surface area contributed by atoms with E-state index in [0.717, 1.165) is 10.4 Å². The highest BCUT2D eigenvalue weighted by molar-refractivity contribution is 9.10. The molecule has 0 aliphatic carbocycles. The third kappa shape index (κ3) is 6.23. The molecule has 5 nitrogen and oxygen atoms in total. The summed E-state index contributed by atoms with van der Waals surface area (Å²) in [6, 6.07) is 5.59. The van der Waals surface area contributed by atoms with Gasteiger partial charge >= 0.3 is 0 Å². The molecule has 1 amide bonds. The third-order valence-corrected chi connectivity index (χ3v) is 2.44. The normalized spacial score (nSPS) is 10.0. The molecule has 6 heteroatoms. The minimum atomic E-state index is 0.00421. The molecule has 0 saturated heterocycles. The molecule has 0 unspecified atom stereocenters. The first-order chi connectivity index (χ1) is 8.22. The van der Waals surface area contributed by atoms with E-state index in [2.05, 4.69) is 31.5 Å². The first kappa shape index (κ1) is 13.9. The number of methoxy groups -OCH3 is 1. The van der Waals surface area contributed by atoms with Gasteiger partial charge in [-0.1, -0.05) is 6.07 Å².